The number of amides is 3. The lowest BCUT2D eigenvalue weighted by Crippen LogP contribution is -2.57. The summed E-state index contributed by atoms with van der Waals surface area (Å²) in [4.78, 5) is 49.7. The minimum atomic E-state index is -0.765. The monoisotopic (exact) mass is 653 g/mol. The summed E-state index contributed by atoms with van der Waals surface area (Å²) in [5, 5.41) is 2.29. The third-order valence-electron chi connectivity index (χ3n) is 9.35. The standard InChI is InChI=1S/C40H55N5O3/c1-40(2,41)24-12-19-37(46)43(5)35(23-21-31-20-22-33-17-10-11-18-34(33)26-31)38(47)44(6)36(27-30-14-8-7-9-15-30)39(48)45-25-13-16-32(29-45)28-42(3)4/h7-12,14-15,17-20,22,26,32,35-36H,13,16,21,23-25,27-29,41H2,1-6H3/b19-12+/t32-,35?,36+/m0/s1. The summed E-state index contributed by atoms with van der Waals surface area (Å²) in [5.41, 5.74) is 7.77. The first-order chi connectivity index (χ1) is 22.8. The molecule has 8 heteroatoms. The van der Waals surface area contributed by atoms with E-state index >= 15 is 0 Å². The van der Waals surface area contributed by atoms with Crippen LogP contribution >= 0.6 is 0 Å². The molecule has 3 amide bonds. The van der Waals surface area contributed by atoms with E-state index in [4.69, 9.17) is 5.73 Å². The van der Waals surface area contributed by atoms with Gasteiger partial charge in [0.15, 0.2) is 0 Å². The second-order valence-corrected chi connectivity index (χ2v) is 14.5. The molecule has 3 aromatic carbocycles. The maximum absolute atomic E-state index is 14.6. The first-order valence-electron chi connectivity index (χ1n) is 17.3. The second kappa shape index (κ2) is 16.9. The van der Waals surface area contributed by atoms with E-state index in [2.05, 4.69) is 49.3 Å². The predicted molar refractivity (Wildman–Crippen MR) is 195 cm³/mol. The molecule has 0 bridgehead atoms. The average Bonchev–Trinajstić information content (AvgIpc) is 3.06. The van der Waals surface area contributed by atoms with Crippen molar-refractivity contribution in [1.29, 1.82) is 0 Å². The lowest BCUT2D eigenvalue weighted by molar-refractivity contribution is -0.150. The number of nitrogens with zero attached hydrogens (tertiary/aromatic N) is 4. The number of nitrogens with two attached hydrogens (primary N) is 1. The second-order valence-electron chi connectivity index (χ2n) is 14.5. The van der Waals surface area contributed by atoms with Gasteiger partial charge in [-0.3, -0.25) is 14.4 Å². The van der Waals surface area contributed by atoms with Crippen LogP contribution in [0.5, 0.6) is 0 Å². The highest BCUT2D eigenvalue weighted by atomic mass is 16.2. The van der Waals surface area contributed by atoms with E-state index in [1.807, 2.05) is 61.2 Å². The highest BCUT2D eigenvalue weighted by Gasteiger charge is 2.37. The summed E-state index contributed by atoms with van der Waals surface area (Å²) in [6.45, 7) is 6.09. The van der Waals surface area contributed by atoms with Gasteiger partial charge in [-0.05, 0) is 93.9 Å². The number of likely N-dealkylation sites (N-methyl/N-ethyl adjacent to an activating group) is 2. The molecule has 1 heterocycles. The minimum absolute atomic E-state index is 0.0366. The van der Waals surface area contributed by atoms with Crippen LogP contribution < -0.4 is 5.73 Å². The van der Waals surface area contributed by atoms with E-state index in [0.717, 1.165) is 41.3 Å². The van der Waals surface area contributed by atoms with Gasteiger partial charge >= 0.3 is 0 Å². The molecule has 0 spiro atoms. The van der Waals surface area contributed by atoms with E-state index in [1.165, 1.54) is 11.0 Å². The fourth-order valence-electron chi connectivity index (χ4n) is 6.67. The van der Waals surface area contributed by atoms with E-state index in [9.17, 15) is 14.4 Å². The van der Waals surface area contributed by atoms with Gasteiger partial charge in [0, 0.05) is 45.7 Å². The van der Waals surface area contributed by atoms with Crippen molar-refractivity contribution in [3.05, 3.63) is 96.1 Å². The molecule has 2 N–H and O–H groups in total. The van der Waals surface area contributed by atoms with Crippen LogP contribution in [0.2, 0.25) is 0 Å². The van der Waals surface area contributed by atoms with Crippen LogP contribution in [0.15, 0.2) is 84.9 Å². The van der Waals surface area contributed by atoms with E-state index < -0.39 is 17.6 Å². The molecule has 3 atom stereocenters. The van der Waals surface area contributed by atoms with Crippen LogP contribution in [0.25, 0.3) is 10.8 Å². The molecule has 0 saturated carbocycles. The minimum Gasteiger partial charge on any atom is -0.341 e. The molecule has 0 aliphatic carbocycles. The van der Waals surface area contributed by atoms with Gasteiger partial charge in [-0.1, -0.05) is 78.9 Å². The number of carbonyl (C=O) groups is 3. The van der Waals surface area contributed by atoms with Gasteiger partial charge in [0.05, 0.1) is 0 Å². The lowest BCUT2D eigenvalue weighted by Gasteiger charge is -2.39. The fraction of sp³-hybridized carbons (Fsp3) is 0.475. The highest BCUT2D eigenvalue weighted by Crippen LogP contribution is 2.23. The maximum atomic E-state index is 14.6. The first-order valence-corrected chi connectivity index (χ1v) is 17.3. The zero-order valence-corrected chi connectivity index (χ0v) is 29.8. The Bertz CT molecular complexity index is 1550. The molecule has 258 valence electrons. The molecular weight excluding hydrogens is 598 g/mol. The van der Waals surface area contributed by atoms with Crippen LogP contribution in [0.1, 0.15) is 50.7 Å². The Morgan fingerprint density at radius 3 is 2.27 bits per heavy atom. The number of benzene rings is 3. The van der Waals surface area contributed by atoms with E-state index in [0.29, 0.717) is 44.7 Å². The topological polar surface area (TPSA) is 90.2 Å². The average molecular weight is 654 g/mol. The Morgan fingerprint density at radius 2 is 1.58 bits per heavy atom. The summed E-state index contributed by atoms with van der Waals surface area (Å²) >= 11 is 0. The lowest BCUT2D eigenvalue weighted by atomic mass is 9.95. The summed E-state index contributed by atoms with van der Waals surface area (Å²) in [6, 6.07) is 22.9. The molecule has 4 rings (SSSR count). The number of hydrogen-bond acceptors (Lipinski definition) is 5. The molecule has 1 unspecified atom stereocenters. The highest BCUT2D eigenvalue weighted by molar-refractivity contribution is 5.95. The molecule has 0 aromatic heterocycles. The van der Waals surface area contributed by atoms with Gasteiger partial charge in [0.25, 0.3) is 0 Å². The van der Waals surface area contributed by atoms with Gasteiger partial charge in [0.1, 0.15) is 12.1 Å². The normalized spacial score (nSPS) is 16.7. The van der Waals surface area contributed by atoms with Crippen molar-refractivity contribution in [3.63, 3.8) is 0 Å². The van der Waals surface area contributed by atoms with Gasteiger partial charge in [0.2, 0.25) is 17.7 Å². The Kier molecular flexibility index (Phi) is 13.0. The van der Waals surface area contributed by atoms with Gasteiger partial charge in [-0.25, -0.2) is 0 Å². The van der Waals surface area contributed by atoms with Gasteiger partial charge in [-0.15, -0.1) is 0 Å². The number of fused-ring (bicyclic) bond motifs is 1. The third kappa shape index (κ3) is 10.5. The Morgan fingerprint density at radius 1 is 0.896 bits per heavy atom. The summed E-state index contributed by atoms with van der Waals surface area (Å²) in [5.74, 6) is -0.154. The quantitative estimate of drug-likeness (QED) is 0.243. The van der Waals surface area contributed by atoms with Crippen molar-refractivity contribution in [2.75, 3.05) is 47.8 Å². The number of hydrogen-bond donors (Lipinski definition) is 1. The molecule has 48 heavy (non-hydrogen) atoms. The van der Waals surface area contributed by atoms with Gasteiger partial charge in [-0.2, -0.15) is 0 Å². The van der Waals surface area contributed by atoms with E-state index in [-0.39, 0.29) is 17.7 Å². The summed E-state index contributed by atoms with van der Waals surface area (Å²) < 4.78 is 0. The fourth-order valence-corrected chi connectivity index (χ4v) is 6.67. The Hall–Kier alpha value is -4.01. The van der Waals surface area contributed by atoms with Crippen LogP contribution in [-0.2, 0) is 27.2 Å². The molecule has 1 aliphatic heterocycles. The van der Waals surface area contributed by atoms with Crippen LogP contribution in [0.4, 0.5) is 0 Å². The number of aryl methyl sites for hydroxylation is 1. The summed E-state index contributed by atoms with van der Waals surface area (Å²) in [6.07, 6.45) is 7.25. The molecule has 1 fully saturated rings. The maximum Gasteiger partial charge on any atom is 0.246 e. The predicted octanol–water partition coefficient (Wildman–Crippen LogP) is 5.15. The molecule has 0 radical (unpaired) electrons. The van der Waals surface area contributed by atoms with Crippen molar-refractivity contribution >= 4 is 28.5 Å². The Labute approximate surface area is 287 Å². The molecular formula is C40H55N5O3. The first kappa shape index (κ1) is 36.8. The summed E-state index contributed by atoms with van der Waals surface area (Å²) in [7, 11) is 7.53. The number of rotatable bonds is 14. The van der Waals surface area contributed by atoms with Crippen molar-refractivity contribution in [3.8, 4) is 0 Å². The van der Waals surface area contributed by atoms with Crippen LogP contribution in [0, 0.1) is 5.92 Å². The number of piperidine rings is 1. The molecule has 8 nitrogen and oxygen atoms in total. The third-order valence-corrected chi connectivity index (χ3v) is 9.35. The largest absolute Gasteiger partial charge is 0.341 e. The van der Waals surface area contributed by atoms with Crippen molar-refractivity contribution in [2.45, 2.75) is 70.0 Å². The molecule has 1 saturated heterocycles. The number of carbonyl (C=O) groups excluding carboxylic acids is 3. The Balaban J connectivity index is 1.62. The van der Waals surface area contributed by atoms with Crippen molar-refractivity contribution in [2.24, 2.45) is 11.7 Å². The van der Waals surface area contributed by atoms with Crippen molar-refractivity contribution in [1.82, 2.24) is 19.6 Å². The van der Waals surface area contributed by atoms with Gasteiger partial charge < -0.3 is 25.3 Å². The SMILES string of the molecule is CN(C)C[C@@H]1CCCN(C(=O)[C@@H](Cc2ccccc2)N(C)C(=O)C(CCc2ccc3ccccc3c2)N(C)C(=O)/C=C/CC(C)(C)N)C1. The zero-order valence-electron chi connectivity index (χ0n) is 29.8. The molecule has 3 aromatic rings. The van der Waals surface area contributed by atoms with Crippen LogP contribution in [0.3, 0.4) is 0 Å². The smallest absolute Gasteiger partial charge is 0.246 e. The number of likely N-dealkylation sites (tertiary alicyclic amines) is 1. The molecule has 1 aliphatic rings. The van der Waals surface area contributed by atoms with Crippen molar-refractivity contribution < 1.29 is 14.4 Å². The van der Waals surface area contributed by atoms with E-state index in [1.54, 1.807) is 25.1 Å². The van der Waals surface area contributed by atoms with Crippen LogP contribution in [-0.4, -0.2) is 103 Å². The zero-order chi connectivity index (χ0) is 34.8.